The fourth-order valence-corrected chi connectivity index (χ4v) is 2.97. The zero-order valence-electron chi connectivity index (χ0n) is 15.1. The van der Waals surface area contributed by atoms with Crippen LogP contribution < -0.4 is 14.8 Å². The second kappa shape index (κ2) is 7.53. The molecule has 6 heteroatoms. The third-order valence-corrected chi connectivity index (χ3v) is 4.41. The summed E-state index contributed by atoms with van der Waals surface area (Å²) >= 11 is 0. The summed E-state index contributed by atoms with van der Waals surface area (Å²) in [6.45, 7) is 3.63. The molecule has 1 aliphatic heterocycles. The van der Waals surface area contributed by atoms with E-state index in [9.17, 15) is 4.79 Å². The number of hydrogen-bond donors (Lipinski definition) is 1. The highest BCUT2D eigenvalue weighted by atomic mass is 16.5. The van der Waals surface area contributed by atoms with Crippen LogP contribution in [0.3, 0.4) is 0 Å². The minimum atomic E-state index is -0.134. The number of urea groups is 1. The van der Waals surface area contributed by atoms with Gasteiger partial charge in [-0.15, -0.1) is 0 Å². The summed E-state index contributed by atoms with van der Waals surface area (Å²) in [6, 6.07) is 19.0. The summed E-state index contributed by atoms with van der Waals surface area (Å²) in [5.74, 6) is 1.38. The quantitative estimate of drug-likeness (QED) is 0.746. The van der Waals surface area contributed by atoms with E-state index in [0.717, 1.165) is 22.3 Å². The van der Waals surface area contributed by atoms with Crippen LogP contribution in [0.1, 0.15) is 6.92 Å². The van der Waals surface area contributed by atoms with Gasteiger partial charge in [-0.2, -0.15) is 0 Å². The Hall–Kier alpha value is -3.28. The molecule has 1 saturated heterocycles. The number of fused-ring (bicyclic) bond motifs is 1. The van der Waals surface area contributed by atoms with Crippen molar-refractivity contribution in [2.75, 3.05) is 25.0 Å². The summed E-state index contributed by atoms with van der Waals surface area (Å²) in [4.78, 5) is 18.5. The van der Waals surface area contributed by atoms with Crippen molar-refractivity contribution in [3.8, 4) is 11.6 Å². The van der Waals surface area contributed by atoms with Crippen LogP contribution in [0, 0.1) is 0 Å². The largest absolute Gasteiger partial charge is 0.494 e. The number of pyridine rings is 1. The molecule has 1 N–H and O–H groups in total. The van der Waals surface area contributed by atoms with Crippen LogP contribution in [0.4, 0.5) is 10.5 Å². The predicted octanol–water partition coefficient (Wildman–Crippen LogP) is 3.93. The third kappa shape index (κ3) is 3.95. The molecule has 0 aliphatic carbocycles. The van der Waals surface area contributed by atoms with Gasteiger partial charge in [0.15, 0.2) is 0 Å². The fraction of sp³-hybridized carbons (Fsp3) is 0.238. The second-order valence-electron chi connectivity index (χ2n) is 6.37. The molecule has 1 aliphatic rings. The summed E-state index contributed by atoms with van der Waals surface area (Å²) in [5, 5.41) is 3.96. The molecular formula is C21H21N3O3. The minimum Gasteiger partial charge on any atom is -0.494 e. The topological polar surface area (TPSA) is 63.7 Å². The van der Waals surface area contributed by atoms with Gasteiger partial charge in [0.25, 0.3) is 0 Å². The predicted molar refractivity (Wildman–Crippen MR) is 104 cm³/mol. The first-order valence-corrected chi connectivity index (χ1v) is 9.02. The summed E-state index contributed by atoms with van der Waals surface area (Å²) in [7, 11) is 0. The number of nitrogens with zero attached hydrogens (tertiary/aromatic N) is 2. The van der Waals surface area contributed by atoms with Gasteiger partial charge in [-0.25, -0.2) is 9.78 Å². The average Bonchev–Trinajstić information content (AvgIpc) is 2.66. The van der Waals surface area contributed by atoms with Gasteiger partial charge >= 0.3 is 6.03 Å². The molecule has 0 bridgehead atoms. The molecule has 1 aromatic heterocycles. The van der Waals surface area contributed by atoms with Crippen molar-refractivity contribution in [3.63, 3.8) is 0 Å². The van der Waals surface area contributed by atoms with Crippen LogP contribution in [0.5, 0.6) is 11.6 Å². The van der Waals surface area contributed by atoms with E-state index in [0.29, 0.717) is 25.6 Å². The number of anilines is 1. The molecule has 0 radical (unpaired) electrons. The first kappa shape index (κ1) is 17.1. The molecule has 27 heavy (non-hydrogen) atoms. The molecular weight excluding hydrogens is 342 g/mol. The average molecular weight is 363 g/mol. The number of benzene rings is 2. The molecule has 0 atom stereocenters. The van der Waals surface area contributed by atoms with Gasteiger partial charge in [0.2, 0.25) is 5.88 Å². The number of carbonyl (C=O) groups excluding carboxylic acids is 1. The van der Waals surface area contributed by atoms with Gasteiger partial charge in [-0.1, -0.05) is 18.2 Å². The lowest BCUT2D eigenvalue weighted by Gasteiger charge is -2.38. The lowest BCUT2D eigenvalue weighted by atomic mass is 10.2. The molecule has 0 saturated carbocycles. The van der Waals surface area contributed by atoms with E-state index in [1.807, 2.05) is 67.6 Å². The van der Waals surface area contributed by atoms with Gasteiger partial charge < -0.3 is 19.7 Å². The summed E-state index contributed by atoms with van der Waals surface area (Å²) < 4.78 is 11.3. The van der Waals surface area contributed by atoms with Crippen LogP contribution in [0.15, 0.2) is 60.7 Å². The van der Waals surface area contributed by atoms with Crippen molar-refractivity contribution >= 4 is 22.6 Å². The maximum absolute atomic E-state index is 12.3. The smallest absolute Gasteiger partial charge is 0.322 e. The van der Waals surface area contributed by atoms with E-state index in [4.69, 9.17) is 9.47 Å². The number of para-hydroxylation sites is 1. The van der Waals surface area contributed by atoms with Gasteiger partial charge in [0, 0.05) is 17.1 Å². The van der Waals surface area contributed by atoms with Crippen molar-refractivity contribution in [1.29, 1.82) is 0 Å². The normalized spacial score (nSPS) is 13.9. The van der Waals surface area contributed by atoms with E-state index in [2.05, 4.69) is 10.3 Å². The number of likely N-dealkylation sites (tertiary alicyclic amines) is 1. The van der Waals surface area contributed by atoms with E-state index >= 15 is 0 Å². The number of amides is 2. The zero-order chi connectivity index (χ0) is 18.6. The Labute approximate surface area is 157 Å². The number of carbonyl (C=O) groups is 1. The molecule has 6 nitrogen and oxygen atoms in total. The van der Waals surface area contributed by atoms with E-state index in [-0.39, 0.29) is 12.1 Å². The Kier molecular flexibility index (Phi) is 4.78. The summed E-state index contributed by atoms with van der Waals surface area (Å²) in [5.41, 5.74) is 1.64. The highest BCUT2D eigenvalue weighted by Crippen LogP contribution is 2.21. The first-order chi connectivity index (χ1) is 13.2. The molecule has 1 fully saturated rings. The Morgan fingerprint density at radius 2 is 1.89 bits per heavy atom. The van der Waals surface area contributed by atoms with Crippen LogP contribution in [-0.4, -0.2) is 41.7 Å². The third-order valence-electron chi connectivity index (χ3n) is 4.41. The van der Waals surface area contributed by atoms with Crippen molar-refractivity contribution in [3.05, 3.63) is 60.7 Å². The summed E-state index contributed by atoms with van der Waals surface area (Å²) in [6.07, 6.45) is -0.0373. The molecule has 138 valence electrons. The SMILES string of the molecule is CCOc1ccc(NC(=O)N2CC(Oc3ccc4ccccc4n3)C2)cc1. The Balaban J connectivity index is 1.28. The highest BCUT2D eigenvalue weighted by molar-refractivity contribution is 5.90. The van der Waals surface area contributed by atoms with E-state index in [1.54, 1.807) is 4.90 Å². The lowest BCUT2D eigenvalue weighted by Crippen LogP contribution is -2.57. The number of ether oxygens (including phenoxy) is 2. The van der Waals surface area contributed by atoms with Gasteiger partial charge in [0.05, 0.1) is 25.2 Å². The first-order valence-electron chi connectivity index (χ1n) is 9.02. The number of hydrogen-bond acceptors (Lipinski definition) is 4. The molecule has 3 aromatic rings. The molecule has 2 amide bonds. The van der Waals surface area contributed by atoms with E-state index < -0.39 is 0 Å². The van der Waals surface area contributed by atoms with Crippen LogP contribution in [0.25, 0.3) is 10.9 Å². The molecule has 2 aromatic carbocycles. The highest BCUT2D eigenvalue weighted by Gasteiger charge is 2.32. The standard InChI is InChI=1S/C21H21N3O3/c1-2-26-17-10-8-16(9-11-17)22-21(25)24-13-18(14-24)27-20-12-7-15-5-3-4-6-19(15)23-20/h3-12,18H,2,13-14H2,1H3,(H,22,25). The molecule has 4 rings (SSSR count). The molecule has 0 unspecified atom stereocenters. The number of nitrogens with one attached hydrogen (secondary N) is 1. The fourth-order valence-electron chi connectivity index (χ4n) is 2.97. The van der Waals surface area contributed by atoms with Crippen LogP contribution in [0.2, 0.25) is 0 Å². The van der Waals surface area contributed by atoms with Crippen LogP contribution >= 0.6 is 0 Å². The second-order valence-corrected chi connectivity index (χ2v) is 6.37. The van der Waals surface area contributed by atoms with Crippen LogP contribution in [-0.2, 0) is 0 Å². The lowest BCUT2D eigenvalue weighted by molar-refractivity contribution is 0.0463. The zero-order valence-corrected chi connectivity index (χ0v) is 15.1. The number of aromatic nitrogens is 1. The monoisotopic (exact) mass is 363 g/mol. The molecule has 0 spiro atoms. The van der Waals surface area contributed by atoms with Crippen molar-refractivity contribution in [2.24, 2.45) is 0 Å². The maximum atomic E-state index is 12.3. The van der Waals surface area contributed by atoms with Crippen molar-refractivity contribution < 1.29 is 14.3 Å². The van der Waals surface area contributed by atoms with Crippen molar-refractivity contribution in [1.82, 2.24) is 9.88 Å². The number of rotatable bonds is 5. The van der Waals surface area contributed by atoms with Gasteiger partial charge in [-0.05, 0) is 43.3 Å². The van der Waals surface area contributed by atoms with Gasteiger partial charge in [-0.3, -0.25) is 0 Å². The molecule has 2 heterocycles. The Bertz CT molecular complexity index is 937. The Morgan fingerprint density at radius 1 is 1.11 bits per heavy atom. The minimum absolute atomic E-state index is 0.0373. The van der Waals surface area contributed by atoms with E-state index in [1.165, 1.54) is 0 Å². The Morgan fingerprint density at radius 3 is 2.67 bits per heavy atom. The van der Waals surface area contributed by atoms with Crippen molar-refractivity contribution in [2.45, 2.75) is 13.0 Å². The van der Waals surface area contributed by atoms with Gasteiger partial charge in [0.1, 0.15) is 11.9 Å². The maximum Gasteiger partial charge on any atom is 0.322 e.